The third-order valence-corrected chi connectivity index (χ3v) is 8.04. The number of carbonyl (C=O) groups excluding carboxylic acids is 1. The molecule has 4 rings (SSSR count). The van der Waals surface area contributed by atoms with Crippen molar-refractivity contribution in [1.29, 1.82) is 0 Å². The van der Waals surface area contributed by atoms with Gasteiger partial charge in [0.05, 0.1) is 17.9 Å². The number of benzene rings is 1. The molecule has 0 aliphatic carbocycles. The number of nitrogens with zero attached hydrogens (tertiary/aromatic N) is 4. The molecule has 2 aliphatic rings. The van der Waals surface area contributed by atoms with E-state index in [0.717, 1.165) is 12.8 Å². The monoisotopic (exact) mass is 448 g/mol. The van der Waals surface area contributed by atoms with E-state index in [1.807, 2.05) is 4.90 Å². The van der Waals surface area contributed by atoms with E-state index in [1.165, 1.54) is 4.31 Å². The maximum absolute atomic E-state index is 13.1. The number of amides is 1. The Kier molecular flexibility index (Phi) is 6.29. The Morgan fingerprint density at radius 1 is 1.13 bits per heavy atom. The smallest absolute Gasteiger partial charge is 0.243 e. The Hall–Kier alpha value is -2.46. The van der Waals surface area contributed by atoms with Gasteiger partial charge < -0.3 is 14.2 Å². The molecule has 2 aliphatic heterocycles. The zero-order chi connectivity index (χ0) is 22.0. The SMILES string of the molecule is COc1ccc(S(=O)(=O)N2CCC(C(=O)N3CCCC(c4nc(C)no4)C3)CC2)cc1. The fourth-order valence-corrected chi connectivity index (χ4v) is 5.83. The molecule has 2 aromatic rings. The van der Waals surface area contributed by atoms with Crippen LogP contribution in [-0.2, 0) is 14.8 Å². The number of methoxy groups -OCH3 is 1. The number of sulfonamides is 1. The van der Waals surface area contributed by atoms with Gasteiger partial charge in [0, 0.05) is 32.1 Å². The van der Waals surface area contributed by atoms with Crippen molar-refractivity contribution >= 4 is 15.9 Å². The lowest BCUT2D eigenvalue weighted by atomic mass is 9.93. The highest BCUT2D eigenvalue weighted by atomic mass is 32.2. The van der Waals surface area contributed by atoms with Crippen molar-refractivity contribution in [2.75, 3.05) is 33.3 Å². The molecule has 168 valence electrons. The number of hydrogen-bond donors (Lipinski definition) is 0. The van der Waals surface area contributed by atoms with Crippen LogP contribution in [0.5, 0.6) is 5.75 Å². The summed E-state index contributed by atoms with van der Waals surface area (Å²) >= 11 is 0. The molecule has 2 fully saturated rings. The van der Waals surface area contributed by atoms with Crippen LogP contribution in [0.15, 0.2) is 33.7 Å². The summed E-state index contributed by atoms with van der Waals surface area (Å²) in [5.74, 6) is 1.81. The minimum Gasteiger partial charge on any atom is -0.497 e. The van der Waals surface area contributed by atoms with Gasteiger partial charge in [0.1, 0.15) is 5.75 Å². The number of aryl methyl sites for hydroxylation is 1. The molecule has 0 saturated carbocycles. The van der Waals surface area contributed by atoms with E-state index in [0.29, 0.717) is 56.5 Å². The van der Waals surface area contributed by atoms with E-state index in [4.69, 9.17) is 9.26 Å². The van der Waals surface area contributed by atoms with Crippen LogP contribution in [0.2, 0.25) is 0 Å². The third kappa shape index (κ3) is 4.59. The zero-order valence-electron chi connectivity index (χ0n) is 17.9. The molecule has 0 radical (unpaired) electrons. The van der Waals surface area contributed by atoms with Gasteiger partial charge in [-0.15, -0.1) is 0 Å². The molecule has 1 unspecified atom stereocenters. The molecule has 9 nitrogen and oxygen atoms in total. The molecule has 1 aromatic heterocycles. The Balaban J connectivity index is 1.36. The van der Waals surface area contributed by atoms with Crippen LogP contribution in [0.3, 0.4) is 0 Å². The minimum absolute atomic E-state index is 0.0643. The average Bonchev–Trinajstić information content (AvgIpc) is 3.25. The fourth-order valence-electron chi connectivity index (χ4n) is 4.36. The van der Waals surface area contributed by atoms with Crippen LogP contribution in [-0.4, -0.2) is 67.0 Å². The molecule has 10 heteroatoms. The first-order valence-corrected chi connectivity index (χ1v) is 12.1. The third-order valence-electron chi connectivity index (χ3n) is 6.13. The minimum atomic E-state index is -3.58. The summed E-state index contributed by atoms with van der Waals surface area (Å²) in [6, 6.07) is 6.39. The molecule has 31 heavy (non-hydrogen) atoms. The standard InChI is InChI=1S/C21H28N4O5S/c1-15-22-20(30-23-15)17-4-3-11-24(14-17)21(26)16-9-12-25(13-10-16)31(27,28)19-7-5-18(29-2)6-8-19/h5-8,16-17H,3-4,9-14H2,1-2H3. The highest BCUT2D eigenvalue weighted by Gasteiger charge is 2.36. The number of hydrogen-bond acceptors (Lipinski definition) is 7. The molecular weight excluding hydrogens is 420 g/mol. The lowest BCUT2D eigenvalue weighted by molar-refractivity contribution is -0.138. The topological polar surface area (TPSA) is 106 Å². The molecule has 0 N–H and O–H groups in total. The van der Waals surface area contributed by atoms with Crippen LogP contribution in [0.25, 0.3) is 0 Å². The second-order valence-corrected chi connectivity index (χ2v) is 10.1. The van der Waals surface area contributed by atoms with Crippen molar-refractivity contribution in [2.24, 2.45) is 5.92 Å². The lowest BCUT2D eigenvalue weighted by Crippen LogP contribution is -2.46. The summed E-state index contributed by atoms with van der Waals surface area (Å²) in [4.78, 5) is 19.6. The van der Waals surface area contributed by atoms with Gasteiger partial charge in [0.15, 0.2) is 5.82 Å². The first-order valence-electron chi connectivity index (χ1n) is 10.6. The van der Waals surface area contributed by atoms with Crippen molar-refractivity contribution in [1.82, 2.24) is 19.3 Å². The van der Waals surface area contributed by atoms with Crippen molar-refractivity contribution < 1.29 is 22.5 Å². The molecule has 1 aromatic carbocycles. The number of piperidine rings is 2. The van der Waals surface area contributed by atoms with E-state index in [9.17, 15) is 13.2 Å². The van der Waals surface area contributed by atoms with E-state index in [1.54, 1.807) is 38.3 Å². The summed E-state index contributed by atoms with van der Waals surface area (Å²) in [5, 5.41) is 3.86. The highest BCUT2D eigenvalue weighted by molar-refractivity contribution is 7.89. The van der Waals surface area contributed by atoms with Gasteiger partial charge >= 0.3 is 0 Å². The predicted molar refractivity (Wildman–Crippen MR) is 112 cm³/mol. The van der Waals surface area contributed by atoms with Crippen molar-refractivity contribution in [3.63, 3.8) is 0 Å². The van der Waals surface area contributed by atoms with Crippen molar-refractivity contribution in [2.45, 2.75) is 43.4 Å². The van der Waals surface area contributed by atoms with Gasteiger partial charge in [-0.25, -0.2) is 8.42 Å². The second kappa shape index (κ2) is 8.96. The van der Waals surface area contributed by atoms with Gasteiger partial charge in [0.25, 0.3) is 0 Å². The van der Waals surface area contributed by atoms with Crippen molar-refractivity contribution in [3.05, 3.63) is 36.0 Å². The second-order valence-electron chi connectivity index (χ2n) is 8.16. The fraction of sp³-hybridized carbons (Fsp3) is 0.571. The molecule has 2 saturated heterocycles. The lowest BCUT2D eigenvalue weighted by Gasteiger charge is -2.36. The first kappa shape index (κ1) is 21.8. The Morgan fingerprint density at radius 2 is 1.84 bits per heavy atom. The summed E-state index contributed by atoms with van der Waals surface area (Å²) in [7, 11) is -2.04. The number of rotatable bonds is 5. The largest absolute Gasteiger partial charge is 0.497 e. The Bertz CT molecular complexity index is 1010. The maximum atomic E-state index is 13.1. The normalized spacial score (nSPS) is 21.2. The van der Waals surface area contributed by atoms with E-state index in [2.05, 4.69) is 10.1 Å². The number of ether oxygens (including phenoxy) is 1. The molecule has 1 atom stereocenters. The van der Waals surface area contributed by atoms with Crippen LogP contribution < -0.4 is 4.74 Å². The van der Waals surface area contributed by atoms with Gasteiger partial charge in [-0.05, 0) is 56.9 Å². The predicted octanol–water partition coefficient (Wildman–Crippen LogP) is 2.19. The molecule has 0 bridgehead atoms. The van der Waals surface area contributed by atoms with Crippen LogP contribution in [0.4, 0.5) is 0 Å². The first-order chi connectivity index (χ1) is 14.9. The van der Waals surface area contributed by atoms with E-state index >= 15 is 0 Å². The van der Waals surface area contributed by atoms with Gasteiger partial charge in [0.2, 0.25) is 21.8 Å². The molecular formula is C21H28N4O5S. The summed E-state index contributed by atoms with van der Waals surface area (Å²) in [6.45, 7) is 3.75. The van der Waals surface area contributed by atoms with E-state index in [-0.39, 0.29) is 22.6 Å². The van der Waals surface area contributed by atoms with Gasteiger partial charge in [-0.1, -0.05) is 5.16 Å². The van der Waals surface area contributed by atoms with Gasteiger partial charge in [-0.2, -0.15) is 9.29 Å². The van der Waals surface area contributed by atoms with Crippen LogP contribution in [0, 0.1) is 12.8 Å². The summed E-state index contributed by atoms with van der Waals surface area (Å²) < 4.78 is 37.7. The maximum Gasteiger partial charge on any atom is 0.243 e. The Labute approximate surface area is 182 Å². The van der Waals surface area contributed by atoms with Gasteiger partial charge in [-0.3, -0.25) is 4.79 Å². The number of carbonyl (C=O) groups is 1. The Morgan fingerprint density at radius 3 is 2.45 bits per heavy atom. The average molecular weight is 449 g/mol. The van der Waals surface area contributed by atoms with E-state index < -0.39 is 10.0 Å². The molecule has 3 heterocycles. The molecule has 1 amide bonds. The highest BCUT2D eigenvalue weighted by Crippen LogP contribution is 2.30. The summed E-state index contributed by atoms with van der Waals surface area (Å²) in [6.07, 6.45) is 2.86. The van der Waals surface area contributed by atoms with Crippen molar-refractivity contribution in [3.8, 4) is 5.75 Å². The van der Waals surface area contributed by atoms with Crippen LogP contribution in [0.1, 0.15) is 43.3 Å². The van der Waals surface area contributed by atoms with Crippen LogP contribution >= 0.6 is 0 Å². The summed E-state index contributed by atoms with van der Waals surface area (Å²) in [5.41, 5.74) is 0. The zero-order valence-corrected chi connectivity index (χ0v) is 18.7. The number of likely N-dealkylation sites (tertiary alicyclic amines) is 1. The molecule has 0 spiro atoms. The quantitative estimate of drug-likeness (QED) is 0.690. The number of aromatic nitrogens is 2.